The van der Waals surface area contributed by atoms with Gasteiger partial charge >= 0.3 is 0 Å². The van der Waals surface area contributed by atoms with Crippen LogP contribution >= 0.6 is 0 Å². The van der Waals surface area contributed by atoms with Crippen molar-refractivity contribution >= 4 is 5.91 Å². The Morgan fingerprint density at radius 2 is 2.03 bits per heavy atom. The van der Waals surface area contributed by atoms with Gasteiger partial charge in [-0.25, -0.2) is 0 Å². The number of pyridine rings is 1. The quantitative estimate of drug-likeness (QED) is 0.698. The number of fused-ring (bicyclic) bond motifs is 1. The molecule has 3 heterocycles. The zero-order valence-corrected chi connectivity index (χ0v) is 16.8. The third-order valence-corrected chi connectivity index (χ3v) is 5.28. The maximum atomic E-state index is 12.8. The fourth-order valence-electron chi connectivity index (χ4n) is 3.72. The van der Waals surface area contributed by atoms with E-state index in [1.807, 2.05) is 36.0 Å². The maximum Gasteiger partial charge on any atom is 0.272 e. The zero-order valence-electron chi connectivity index (χ0n) is 16.8. The predicted octanol–water partition coefficient (Wildman–Crippen LogP) is 2.31. The van der Waals surface area contributed by atoms with Gasteiger partial charge in [0.1, 0.15) is 5.75 Å². The molecule has 0 radical (unpaired) electrons. The number of carbonyl (C=O) groups is 1. The molecular weight excluding hydrogens is 366 g/mol. The molecule has 29 heavy (non-hydrogen) atoms. The molecular formula is C22H25N5O2. The van der Waals surface area contributed by atoms with E-state index in [-0.39, 0.29) is 5.91 Å². The van der Waals surface area contributed by atoms with E-state index in [0.717, 1.165) is 42.1 Å². The molecule has 0 atom stereocenters. The number of ether oxygens (including phenoxy) is 1. The molecule has 0 spiro atoms. The molecule has 1 aromatic carbocycles. The molecule has 150 valence electrons. The summed E-state index contributed by atoms with van der Waals surface area (Å²) in [7, 11) is 3.58. The summed E-state index contributed by atoms with van der Waals surface area (Å²) in [5.41, 5.74) is 4.87. The minimum atomic E-state index is -0.142. The molecule has 7 heteroatoms. The Balaban J connectivity index is 1.46. The minimum Gasteiger partial charge on any atom is -0.497 e. The molecule has 0 fully saturated rings. The maximum absolute atomic E-state index is 12.8. The first-order valence-corrected chi connectivity index (χ1v) is 9.71. The van der Waals surface area contributed by atoms with Crippen LogP contribution in [0.3, 0.4) is 0 Å². The first-order chi connectivity index (χ1) is 14.1. The van der Waals surface area contributed by atoms with Crippen molar-refractivity contribution in [2.75, 3.05) is 13.7 Å². The first kappa shape index (κ1) is 19.1. The molecule has 0 saturated carbocycles. The Kier molecular flexibility index (Phi) is 5.57. The summed E-state index contributed by atoms with van der Waals surface area (Å²) >= 11 is 0. The van der Waals surface area contributed by atoms with E-state index in [2.05, 4.69) is 32.4 Å². The van der Waals surface area contributed by atoms with E-state index in [1.54, 1.807) is 19.5 Å². The van der Waals surface area contributed by atoms with Crippen molar-refractivity contribution in [2.45, 2.75) is 26.1 Å². The number of hydrogen-bond donors (Lipinski definition) is 1. The lowest BCUT2D eigenvalue weighted by Gasteiger charge is -2.27. The summed E-state index contributed by atoms with van der Waals surface area (Å²) in [6.07, 6.45) is 4.35. The molecule has 0 aliphatic carbocycles. The lowest BCUT2D eigenvalue weighted by molar-refractivity contribution is 0.0942. The third-order valence-electron chi connectivity index (χ3n) is 5.28. The number of amides is 1. The fourth-order valence-corrected chi connectivity index (χ4v) is 3.72. The van der Waals surface area contributed by atoms with E-state index in [0.29, 0.717) is 18.8 Å². The van der Waals surface area contributed by atoms with Crippen LogP contribution < -0.4 is 10.1 Å². The topological polar surface area (TPSA) is 72.3 Å². The number of rotatable bonds is 6. The van der Waals surface area contributed by atoms with Gasteiger partial charge < -0.3 is 10.1 Å². The van der Waals surface area contributed by atoms with Gasteiger partial charge in [-0.05, 0) is 29.3 Å². The number of carbonyl (C=O) groups excluding carboxylic acids is 1. The summed E-state index contributed by atoms with van der Waals surface area (Å²) in [6, 6.07) is 11.9. The number of aryl methyl sites for hydroxylation is 1. The lowest BCUT2D eigenvalue weighted by atomic mass is 10.0. The van der Waals surface area contributed by atoms with Crippen LogP contribution in [0.1, 0.15) is 32.9 Å². The van der Waals surface area contributed by atoms with Gasteiger partial charge in [0.2, 0.25) is 0 Å². The fraction of sp³-hybridized carbons (Fsp3) is 0.318. The van der Waals surface area contributed by atoms with Gasteiger partial charge in [0.15, 0.2) is 5.69 Å². The SMILES string of the molecule is COc1ccc(CN2CCc3c(c(C(=O)NCc4cccnc4)nn3C)C2)cc1. The summed E-state index contributed by atoms with van der Waals surface area (Å²) in [6.45, 7) is 2.92. The largest absolute Gasteiger partial charge is 0.497 e. The molecule has 4 rings (SSSR count). The highest BCUT2D eigenvalue weighted by Crippen LogP contribution is 2.24. The Hall–Kier alpha value is -3.19. The predicted molar refractivity (Wildman–Crippen MR) is 109 cm³/mol. The summed E-state index contributed by atoms with van der Waals surface area (Å²) in [5.74, 6) is 0.714. The Labute approximate surface area is 170 Å². The molecule has 2 aromatic heterocycles. The Bertz CT molecular complexity index is 982. The van der Waals surface area contributed by atoms with Crippen molar-refractivity contribution in [3.8, 4) is 5.75 Å². The zero-order chi connectivity index (χ0) is 20.2. The monoisotopic (exact) mass is 391 g/mol. The molecule has 0 unspecified atom stereocenters. The smallest absolute Gasteiger partial charge is 0.272 e. The average molecular weight is 391 g/mol. The van der Waals surface area contributed by atoms with Gasteiger partial charge in [0, 0.05) is 63.3 Å². The second-order valence-electron chi connectivity index (χ2n) is 7.25. The van der Waals surface area contributed by atoms with Crippen molar-refractivity contribution in [3.63, 3.8) is 0 Å². The number of benzene rings is 1. The van der Waals surface area contributed by atoms with Crippen molar-refractivity contribution in [1.82, 2.24) is 25.0 Å². The van der Waals surface area contributed by atoms with Crippen LogP contribution in [0.2, 0.25) is 0 Å². The van der Waals surface area contributed by atoms with E-state index in [4.69, 9.17) is 4.74 Å². The van der Waals surface area contributed by atoms with Crippen LogP contribution in [0.4, 0.5) is 0 Å². The summed E-state index contributed by atoms with van der Waals surface area (Å²) in [5, 5.41) is 7.48. The van der Waals surface area contributed by atoms with E-state index in [9.17, 15) is 4.79 Å². The molecule has 1 amide bonds. The lowest BCUT2D eigenvalue weighted by Crippen LogP contribution is -2.32. The standard InChI is InChI=1S/C22H25N5O2/c1-26-20-9-11-27(14-16-5-7-18(29-2)8-6-16)15-19(20)21(25-26)22(28)24-13-17-4-3-10-23-12-17/h3-8,10,12H,9,11,13-15H2,1-2H3,(H,24,28). The Morgan fingerprint density at radius 1 is 1.21 bits per heavy atom. The second-order valence-corrected chi connectivity index (χ2v) is 7.25. The van der Waals surface area contributed by atoms with Gasteiger partial charge in [-0.3, -0.25) is 19.4 Å². The minimum absolute atomic E-state index is 0.142. The van der Waals surface area contributed by atoms with Crippen LogP contribution in [0, 0.1) is 0 Å². The van der Waals surface area contributed by atoms with Crippen molar-refractivity contribution < 1.29 is 9.53 Å². The number of aromatic nitrogens is 3. The highest BCUT2D eigenvalue weighted by Gasteiger charge is 2.27. The van der Waals surface area contributed by atoms with Crippen LogP contribution in [0.15, 0.2) is 48.8 Å². The molecule has 0 bridgehead atoms. The van der Waals surface area contributed by atoms with Crippen molar-refractivity contribution in [3.05, 3.63) is 76.9 Å². The molecule has 1 aliphatic rings. The van der Waals surface area contributed by atoms with Crippen LogP contribution in [0.25, 0.3) is 0 Å². The van der Waals surface area contributed by atoms with Gasteiger partial charge in [-0.1, -0.05) is 18.2 Å². The normalized spacial score (nSPS) is 13.7. The summed E-state index contributed by atoms with van der Waals surface area (Å²) in [4.78, 5) is 19.2. The van der Waals surface area contributed by atoms with Gasteiger partial charge in [0.25, 0.3) is 5.91 Å². The third kappa shape index (κ3) is 4.30. The highest BCUT2D eigenvalue weighted by molar-refractivity contribution is 5.94. The van der Waals surface area contributed by atoms with Gasteiger partial charge in [0.05, 0.1) is 7.11 Å². The molecule has 0 saturated heterocycles. The van der Waals surface area contributed by atoms with E-state index < -0.39 is 0 Å². The molecule has 1 N–H and O–H groups in total. The van der Waals surface area contributed by atoms with Crippen molar-refractivity contribution in [1.29, 1.82) is 0 Å². The van der Waals surface area contributed by atoms with Crippen molar-refractivity contribution in [2.24, 2.45) is 7.05 Å². The number of nitrogens with one attached hydrogen (secondary N) is 1. The number of nitrogens with zero attached hydrogens (tertiary/aromatic N) is 4. The van der Waals surface area contributed by atoms with Gasteiger partial charge in [-0.2, -0.15) is 5.10 Å². The first-order valence-electron chi connectivity index (χ1n) is 9.71. The highest BCUT2D eigenvalue weighted by atomic mass is 16.5. The molecule has 3 aromatic rings. The molecule has 7 nitrogen and oxygen atoms in total. The van der Waals surface area contributed by atoms with E-state index in [1.165, 1.54) is 5.56 Å². The van der Waals surface area contributed by atoms with Crippen LogP contribution in [0.5, 0.6) is 5.75 Å². The summed E-state index contributed by atoms with van der Waals surface area (Å²) < 4.78 is 7.08. The van der Waals surface area contributed by atoms with Crippen LogP contribution in [-0.2, 0) is 33.1 Å². The van der Waals surface area contributed by atoms with Gasteiger partial charge in [-0.15, -0.1) is 0 Å². The second kappa shape index (κ2) is 8.45. The number of methoxy groups -OCH3 is 1. The molecule has 1 aliphatic heterocycles. The van der Waals surface area contributed by atoms with Crippen LogP contribution in [-0.4, -0.2) is 39.2 Å². The number of hydrogen-bond acceptors (Lipinski definition) is 5. The average Bonchev–Trinajstić information content (AvgIpc) is 3.09. The Morgan fingerprint density at radius 3 is 2.76 bits per heavy atom. The van der Waals surface area contributed by atoms with E-state index >= 15 is 0 Å².